The molecule has 0 aliphatic heterocycles. The SMILES string of the molecule is CN(NC(=O)c1nccnc1Cl)C(=O)OC(C)(C)C. The van der Waals surface area contributed by atoms with Crippen molar-refractivity contribution in [3.8, 4) is 0 Å². The summed E-state index contributed by atoms with van der Waals surface area (Å²) in [6, 6.07) is 0. The third kappa shape index (κ3) is 4.70. The number of carbonyl (C=O) groups excluding carboxylic acids is 2. The number of rotatable bonds is 1. The summed E-state index contributed by atoms with van der Waals surface area (Å²) in [6.45, 7) is 5.17. The Morgan fingerprint density at radius 1 is 1.32 bits per heavy atom. The summed E-state index contributed by atoms with van der Waals surface area (Å²) >= 11 is 5.72. The number of nitrogens with zero attached hydrogens (tertiary/aromatic N) is 3. The molecule has 1 aromatic rings. The number of amides is 2. The van der Waals surface area contributed by atoms with Crippen LogP contribution in [-0.4, -0.2) is 39.6 Å². The molecule has 0 radical (unpaired) electrons. The number of ether oxygens (including phenoxy) is 1. The van der Waals surface area contributed by atoms with E-state index in [-0.39, 0.29) is 10.8 Å². The molecule has 1 rings (SSSR count). The third-order valence-electron chi connectivity index (χ3n) is 1.81. The van der Waals surface area contributed by atoms with Crippen LogP contribution in [0, 0.1) is 0 Å². The zero-order valence-electron chi connectivity index (χ0n) is 11.1. The zero-order chi connectivity index (χ0) is 14.6. The van der Waals surface area contributed by atoms with E-state index in [2.05, 4.69) is 15.4 Å². The van der Waals surface area contributed by atoms with Gasteiger partial charge in [-0.1, -0.05) is 11.6 Å². The molecule has 7 nitrogen and oxygen atoms in total. The van der Waals surface area contributed by atoms with Crippen molar-refractivity contribution in [1.82, 2.24) is 20.4 Å². The number of carbonyl (C=O) groups is 2. The summed E-state index contributed by atoms with van der Waals surface area (Å²) in [4.78, 5) is 30.9. The Balaban J connectivity index is 2.67. The first-order valence-electron chi connectivity index (χ1n) is 5.45. The number of aromatic nitrogens is 2. The molecular formula is C11H15ClN4O3. The van der Waals surface area contributed by atoms with Crippen LogP contribution >= 0.6 is 11.6 Å². The molecule has 0 spiro atoms. The Kier molecular flexibility index (Phi) is 4.66. The van der Waals surface area contributed by atoms with Crippen LogP contribution in [0.2, 0.25) is 5.15 Å². The predicted molar refractivity (Wildman–Crippen MR) is 68.5 cm³/mol. The van der Waals surface area contributed by atoms with E-state index in [9.17, 15) is 9.59 Å². The van der Waals surface area contributed by atoms with E-state index < -0.39 is 17.6 Å². The summed E-state index contributed by atoms with van der Waals surface area (Å²) in [5, 5.41) is 0.871. The molecule has 19 heavy (non-hydrogen) atoms. The van der Waals surface area contributed by atoms with Gasteiger partial charge in [0.2, 0.25) is 0 Å². The van der Waals surface area contributed by atoms with Gasteiger partial charge in [0, 0.05) is 19.4 Å². The fourth-order valence-electron chi connectivity index (χ4n) is 1.05. The average molecular weight is 287 g/mol. The van der Waals surface area contributed by atoms with E-state index in [1.54, 1.807) is 20.8 Å². The van der Waals surface area contributed by atoms with Crippen LogP contribution in [-0.2, 0) is 4.74 Å². The Morgan fingerprint density at radius 2 is 1.89 bits per heavy atom. The Hall–Kier alpha value is -1.89. The maximum atomic E-state index is 11.8. The van der Waals surface area contributed by atoms with Crippen molar-refractivity contribution < 1.29 is 14.3 Å². The largest absolute Gasteiger partial charge is 0.442 e. The van der Waals surface area contributed by atoms with Crippen LogP contribution in [0.1, 0.15) is 31.3 Å². The summed E-state index contributed by atoms with van der Waals surface area (Å²) in [5.74, 6) is -0.647. The van der Waals surface area contributed by atoms with E-state index in [1.807, 2.05) is 0 Å². The van der Waals surface area contributed by atoms with E-state index in [1.165, 1.54) is 19.4 Å². The molecule has 2 amide bonds. The molecule has 1 N–H and O–H groups in total. The number of hydrazine groups is 1. The van der Waals surface area contributed by atoms with Gasteiger partial charge in [0.05, 0.1) is 0 Å². The molecular weight excluding hydrogens is 272 g/mol. The zero-order valence-corrected chi connectivity index (χ0v) is 11.9. The highest BCUT2D eigenvalue weighted by atomic mass is 35.5. The quantitative estimate of drug-likeness (QED) is 0.793. The molecule has 0 unspecified atom stereocenters. The van der Waals surface area contributed by atoms with Crippen molar-refractivity contribution in [2.45, 2.75) is 26.4 Å². The van der Waals surface area contributed by atoms with Crippen molar-refractivity contribution in [3.63, 3.8) is 0 Å². The first-order chi connectivity index (χ1) is 8.70. The average Bonchev–Trinajstić information content (AvgIpc) is 2.27. The number of hydrogen-bond donors (Lipinski definition) is 1. The lowest BCUT2D eigenvalue weighted by Gasteiger charge is -2.24. The van der Waals surface area contributed by atoms with Gasteiger partial charge in [-0.15, -0.1) is 0 Å². The minimum atomic E-state index is -0.694. The fraction of sp³-hybridized carbons (Fsp3) is 0.455. The van der Waals surface area contributed by atoms with E-state index in [0.29, 0.717) is 0 Å². The second-order valence-corrected chi connectivity index (χ2v) is 5.03. The smallest absolute Gasteiger partial charge is 0.428 e. The van der Waals surface area contributed by atoms with Gasteiger partial charge in [-0.05, 0) is 20.8 Å². The van der Waals surface area contributed by atoms with E-state index >= 15 is 0 Å². The molecule has 0 aromatic carbocycles. The monoisotopic (exact) mass is 286 g/mol. The van der Waals surface area contributed by atoms with Gasteiger partial charge in [0.15, 0.2) is 10.8 Å². The lowest BCUT2D eigenvalue weighted by Crippen LogP contribution is -2.46. The van der Waals surface area contributed by atoms with Crippen molar-refractivity contribution in [1.29, 1.82) is 0 Å². The van der Waals surface area contributed by atoms with Crippen LogP contribution in [0.15, 0.2) is 12.4 Å². The van der Waals surface area contributed by atoms with Gasteiger partial charge in [0.25, 0.3) is 5.91 Å². The molecule has 0 saturated heterocycles. The van der Waals surface area contributed by atoms with Crippen LogP contribution < -0.4 is 5.43 Å². The highest BCUT2D eigenvalue weighted by Crippen LogP contribution is 2.10. The lowest BCUT2D eigenvalue weighted by atomic mass is 10.2. The van der Waals surface area contributed by atoms with Crippen LogP contribution in [0.3, 0.4) is 0 Å². The maximum Gasteiger partial charge on any atom is 0.428 e. The highest BCUT2D eigenvalue weighted by molar-refractivity contribution is 6.32. The van der Waals surface area contributed by atoms with Crippen molar-refractivity contribution in [3.05, 3.63) is 23.2 Å². The third-order valence-corrected chi connectivity index (χ3v) is 2.08. The van der Waals surface area contributed by atoms with Gasteiger partial charge in [-0.3, -0.25) is 10.2 Å². The summed E-state index contributed by atoms with van der Waals surface area (Å²) in [6.07, 6.45) is 1.99. The first-order valence-corrected chi connectivity index (χ1v) is 5.82. The maximum absolute atomic E-state index is 11.8. The second-order valence-electron chi connectivity index (χ2n) is 4.68. The standard InChI is InChI=1S/C11H15ClN4O3/c1-11(2,3)19-10(18)16(4)15-9(17)7-8(12)14-6-5-13-7/h5-6H,1-4H3,(H,15,17). The summed E-state index contributed by atoms with van der Waals surface area (Å²) < 4.78 is 5.07. The van der Waals surface area contributed by atoms with Crippen LogP contribution in [0.4, 0.5) is 4.79 Å². The van der Waals surface area contributed by atoms with Crippen molar-refractivity contribution >= 4 is 23.6 Å². The van der Waals surface area contributed by atoms with E-state index in [0.717, 1.165) is 5.01 Å². The molecule has 0 aliphatic carbocycles. The number of hydrogen-bond acceptors (Lipinski definition) is 5. The predicted octanol–water partition coefficient (Wildman–Crippen LogP) is 1.64. The minimum absolute atomic E-state index is 0.0439. The van der Waals surface area contributed by atoms with Gasteiger partial charge < -0.3 is 4.74 Å². The van der Waals surface area contributed by atoms with Crippen molar-refractivity contribution in [2.24, 2.45) is 0 Å². The molecule has 1 aromatic heterocycles. The molecule has 1 heterocycles. The fourth-order valence-corrected chi connectivity index (χ4v) is 1.25. The van der Waals surface area contributed by atoms with Crippen LogP contribution in [0.5, 0.6) is 0 Å². The number of nitrogens with one attached hydrogen (secondary N) is 1. The minimum Gasteiger partial charge on any atom is -0.442 e. The van der Waals surface area contributed by atoms with Gasteiger partial charge in [0.1, 0.15) is 5.60 Å². The molecule has 0 saturated carbocycles. The second kappa shape index (κ2) is 5.83. The normalized spacial score (nSPS) is 10.8. The Bertz CT molecular complexity index is 487. The molecule has 0 bridgehead atoms. The van der Waals surface area contributed by atoms with E-state index in [4.69, 9.17) is 16.3 Å². The van der Waals surface area contributed by atoms with Gasteiger partial charge >= 0.3 is 6.09 Å². The molecule has 0 atom stereocenters. The molecule has 0 aliphatic rings. The van der Waals surface area contributed by atoms with Crippen molar-refractivity contribution in [2.75, 3.05) is 7.05 Å². The molecule has 104 valence electrons. The Morgan fingerprint density at radius 3 is 2.42 bits per heavy atom. The van der Waals surface area contributed by atoms with Crippen LogP contribution in [0.25, 0.3) is 0 Å². The topological polar surface area (TPSA) is 84.4 Å². The lowest BCUT2D eigenvalue weighted by molar-refractivity contribution is 0.0194. The summed E-state index contributed by atoms with van der Waals surface area (Å²) in [7, 11) is 1.36. The Labute approximate surface area is 115 Å². The van der Waals surface area contributed by atoms with Gasteiger partial charge in [-0.2, -0.15) is 0 Å². The molecule has 8 heteroatoms. The molecule has 0 fully saturated rings. The first kappa shape index (κ1) is 15.2. The highest BCUT2D eigenvalue weighted by Gasteiger charge is 2.22. The van der Waals surface area contributed by atoms with Gasteiger partial charge in [-0.25, -0.2) is 19.8 Å². The summed E-state index contributed by atoms with van der Waals surface area (Å²) in [5.41, 5.74) is 1.57. The number of halogens is 1.